The van der Waals surface area contributed by atoms with Gasteiger partial charge in [0.2, 0.25) is 0 Å². The van der Waals surface area contributed by atoms with Crippen LogP contribution >= 0.6 is 0 Å². The molecule has 0 spiro atoms. The van der Waals surface area contributed by atoms with Gasteiger partial charge in [0.15, 0.2) is 0 Å². The molecule has 0 N–H and O–H groups in total. The van der Waals surface area contributed by atoms with E-state index in [0.717, 1.165) is 11.8 Å². The first-order valence-electron chi connectivity index (χ1n) is 4.92. The van der Waals surface area contributed by atoms with Gasteiger partial charge in [0.25, 0.3) is 0 Å². The van der Waals surface area contributed by atoms with Crippen molar-refractivity contribution in [3.05, 3.63) is 7.43 Å². The van der Waals surface area contributed by atoms with E-state index in [2.05, 4.69) is 25.8 Å². The molecule has 2 heteroatoms. The number of rotatable bonds is 1. The van der Waals surface area contributed by atoms with Crippen molar-refractivity contribution >= 4 is 0 Å². The van der Waals surface area contributed by atoms with Gasteiger partial charge in [-0.05, 0) is 18.9 Å². The number of hydrogen-bond acceptors (Lipinski definition) is 1. The van der Waals surface area contributed by atoms with Crippen LogP contribution in [0.5, 0.6) is 0 Å². The Balaban J connectivity index is -0.000000234. The third-order valence-electron chi connectivity index (χ3n) is 2.47. The molecule has 1 rings (SSSR count). The molecular weight excluding hydrogens is 330 g/mol. The standard InChI is InChI=1S/C8H17N.C2H6.CH3.W/c1-4-8-6-9(3)5-7(8)2;1-2;;/h7-8H,4-6H2,1-3H3;1-2H3;1H3;/q;;-1;. The summed E-state index contributed by atoms with van der Waals surface area (Å²) < 4.78 is 0. The fourth-order valence-corrected chi connectivity index (χ4v) is 1.83. The quantitative estimate of drug-likeness (QED) is 0.653. The van der Waals surface area contributed by atoms with Crippen LogP contribution < -0.4 is 0 Å². The van der Waals surface area contributed by atoms with Crippen LogP contribution in [0.25, 0.3) is 0 Å². The number of nitrogens with zero attached hydrogens (tertiary/aromatic N) is 1. The van der Waals surface area contributed by atoms with E-state index in [4.69, 9.17) is 0 Å². The molecule has 0 radical (unpaired) electrons. The topological polar surface area (TPSA) is 3.24 Å². The third kappa shape index (κ3) is 6.68. The van der Waals surface area contributed by atoms with Crippen molar-refractivity contribution in [2.45, 2.75) is 34.1 Å². The maximum absolute atomic E-state index is 2.43. The maximum atomic E-state index is 2.43. The second-order valence-corrected chi connectivity index (χ2v) is 3.37. The predicted octanol–water partition coefficient (Wildman–Crippen LogP) is 3.07. The third-order valence-corrected chi connectivity index (χ3v) is 2.47. The first-order chi connectivity index (χ1) is 5.24. The van der Waals surface area contributed by atoms with Crippen LogP contribution in [0, 0.1) is 19.3 Å². The molecule has 0 aromatic rings. The average molecular weight is 356 g/mol. The van der Waals surface area contributed by atoms with Gasteiger partial charge in [-0.3, -0.25) is 0 Å². The molecule has 1 nitrogen and oxygen atoms in total. The molecule has 0 bridgehead atoms. The van der Waals surface area contributed by atoms with Crippen molar-refractivity contribution in [3.8, 4) is 0 Å². The van der Waals surface area contributed by atoms with Gasteiger partial charge < -0.3 is 12.3 Å². The molecule has 1 saturated heterocycles. The minimum atomic E-state index is 0. The summed E-state index contributed by atoms with van der Waals surface area (Å²) in [7, 11) is 2.21. The average Bonchev–Trinajstić information content (AvgIpc) is 2.33. The Hall–Kier alpha value is 0.648. The van der Waals surface area contributed by atoms with Gasteiger partial charge in [0.1, 0.15) is 0 Å². The van der Waals surface area contributed by atoms with Gasteiger partial charge in [-0.15, -0.1) is 0 Å². The maximum Gasteiger partial charge on any atom is 0.000965 e. The Morgan fingerprint density at radius 3 is 1.85 bits per heavy atom. The zero-order chi connectivity index (χ0) is 8.85. The molecule has 82 valence electrons. The monoisotopic (exact) mass is 356 g/mol. The minimum absolute atomic E-state index is 0. The molecule has 1 aliphatic rings. The fraction of sp³-hybridized carbons (Fsp3) is 0.909. The van der Waals surface area contributed by atoms with Gasteiger partial charge in [-0.1, -0.05) is 34.1 Å². The SMILES string of the molecule is CC.CCC1CN(C)CC1C.[CH3-].[W]. The van der Waals surface area contributed by atoms with Crippen LogP contribution in [0.2, 0.25) is 0 Å². The molecule has 0 aromatic heterocycles. The van der Waals surface area contributed by atoms with Crippen LogP contribution in [0.4, 0.5) is 0 Å². The van der Waals surface area contributed by atoms with Crippen molar-refractivity contribution in [1.82, 2.24) is 4.90 Å². The minimum Gasteiger partial charge on any atom is -0.358 e. The predicted molar refractivity (Wildman–Crippen MR) is 58.2 cm³/mol. The Labute approximate surface area is 99.5 Å². The molecule has 13 heavy (non-hydrogen) atoms. The van der Waals surface area contributed by atoms with Crippen molar-refractivity contribution in [3.63, 3.8) is 0 Å². The molecule has 0 amide bonds. The van der Waals surface area contributed by atoms with E-state index in [1.165, 1.54) is 19.5 Å². The van der Waals surface area contributed by atoms with E-state index in [1.807, 2.05) is 13.8 Å². The Kier molecular flexibility index (Phi) is 15.9. The number of hydrogen-bond donors (Lipinski definition) is 0. The van der Waals surface area contributed by atoms with Crippen LogP contribution in [0.15, 0.2) is 0 Å². The summed E-state index contributed by atoms with van der Waals surface area (Å²) in [5.41, 5.74) is 0. The van der Waals surface area contributed by atoms with Crippen molar-refractivity contribution in [1.29, 1.82) is 0 Å². The van der Waals surface area contributed by atoms with Gasteiger partial charge in [-0.2, -0.15) is 0 Å². The van der Waals surface area contributed by atoms with Crippen molar-refractivity contribution in [2.75, 3.05) is 20.1 Å². The first kappa shape index (κ1) is 19.3. The van der Waals surface area contributed by atoms with E-state index in [1.54, 1.807) is 0 Å². The van der Waals surface area contributed by atoms with Crippen LogP contribution in [0.1, 0.15) is 34.1 Å². The molecule has 0 saturated carbocycles. The Bertz CT molecular complexity index is 96.1. The Morgan fingerprint density at radius 2 is 1.69 bits per heavy atom. The van der Waals surface area contributed by atoms with Crippen LogP contribution in [0.3, 0.4) is 0 Å². The molecule has 0 aromatic carbocycles. The van der Waals surface area contributed by atoms with Crippen LogP contribution in [-0.4, -0.2) is 25.0 Å². The van der Waals surface area contributed by atoms with Crippen molar-refractivity contribution < 1.29 is 21.1 Å². The van der Waals surface area contributed by atoms with Gasteiger partial charge in [-0.25, -0.2) is 0 Å². The van der Waals surface area contributed by atoms with Crippen LogP contribution in [-0.2, 0) is 21.1 Å². The zero-order valence-corrected chi connectivity index (χ0v) is 13.1. The summed E-state index contributed by atoms with van der Waals surface area (Å²) in [6.07, 6.45) is 1.35. The second-order valence-electron chi connectivity index (χ2n) is 3.37. The summed E-state index contributed by atoms with van der Waals surface area (Å²) in [4.78, 5) is 2.43. The number of likely N-dealkylation sites (tertiary alicyclic amines) is 1. The molecule has 2 atom stereocenters. The molecular formula is C11H26NW-. The molecule has 1 aliphatic heterocycles. The summed E-state index contributed by atoms with van der Waals surface area (Å²) in [5.74, 6) is 1.90. The van der Waals surface area contributed by atoms with E-state index >= 15 is 0 Å². The summed E-state index contributed by atoms with van der Waals surface area (Å²) >= 11 is 0. The van der Waals surface area contributed by atoms with Gasteiger partial charge in [0.05, 0.1) is 0 Å². The largest absolute Gasteiger partial charge is 0.358 e. The summed E-state index contributed by atoms with van der Waals surface area (Å²) in [5, 5.41) is 0. The summed E-state index contributed by atoms with van der Waals surface area (Å²) in [6.45, 7) is 11.3. The molecule has 1 fully saturated rings. The second kappa shape index (κ2) is 10.7. The van der Waals surface area contributed by atoms with E-state index in [0.29, 0.717) is 0 Å². The first-order valence-corrected chi connectivity index (χ1v) is 4.92. The van der Waals surface area contributed by atoms with Gasteiger partial charge >= 0.3 is 0 Å². The molecule has 1 heterocycles. The van der Waals surface area contributed by atoms with E-state index < -0.39 is 0 Å². The zero-order valence-electron chi connectivity index (χ0n) is 10.1. The Morgan fingerprint density at radius 1 is 1.23 bits per heavy atom. The van der Waals surface area contributed by atoms with E-state index in [-0.39, 0.29) is 28.5 Å². The normalized spacial score (nSPS) is 26.5. The molecule has 0 aliphatic carbocycles. The van der Waals surface area contributed by atoms with Gasteiger partial charge in [0, 0.05) is 34.2 Å². The molecule has 2 unspecified atom stereocenters. The smallest absolute Gasteiger partial charge is 0.000965 e. The van der Waals surface area contributed by atoms with E-state index in [9.17, 15) is 0 Å². The fourth-order valence-electron chi connectivity index (χ4n) is 1.83. The van der Waals surface area contributed by atoms with Crippen molar-refractivity contribution in [2.24, 2.45) is 11.8 Å². The summed E-state index contributed by atoms with van der Waals surface area (Å²) in [6, 6.07) is 0.